The smallest absolute Gasteiger partial charge is 0.407 e. The van der Waals surface area contributed by atoms with Crippen molar-refractivity contribution < 1.29 is 23.9 Å². The Morgan fingerprint density at radius 1 is 0.842 bits per heavy atom. The standard InChI is InChI=1S/C46H50N6O5/c1-5-51-39-20-11-6-14-30(39)27-41(51)42-49-38-26-31(43(53)50-24-12-15-32(28-50)48-45(55)57-46(2,3)4)21-22-40(38)52(42)25-13-23-47-44(54)56-29-37-35-18-9-7-16-33(35)34-17-8-10-19-36(34)37/h6-11,14,16-22,26-27,32,37H,5,12-13,15,23-25,28-29H2,1-4H3,(H,47,54)(H,48,55)/t32-/m1/s1. The summed E-state index contributed by atoms with van der Waals surface area (Å²) in [6, 6.07) is 32.6. The number of ether oxygens (including phenoxy) is 2. The Bertz CT molecular complexity index is 2410. The maximum absolute atomic E-state index is 13.9. The molecule has 11 nitrogen and oxygen atoms in total. The van der Waals surface area contributed by atoms with Crippen LogP contribution in [-0.2, 0) is 22.6 Å². The summed E-state index contributed by atoms with van der Waals surface area (Å²) in [4.78, 5) is 46.4. The van der Waals surface area contributed by atoms with Gasteiger partial charge in [-0.15, -0.1) is 0 Å². The quantitative estimate of drug-likeness (QED) is 0.135. The monoisotopic (exact) mass is 766 g/mol. The molecule has 8 rings (SSSR count). The molecule has 1 aliphatic heterocycles. The molecule has 2 N–H and O–H groups in total. The number of imidazole rings is 1. The third kappa shape index (κ3) is 7.83. The molecule has 294 valence electrons. The van der Waals surface area contributed by atoms with E-state index < -0.39 is 17.8 Å². The number of benzene rings is 4. The van der Waals surface area contributed by atoms with E-state index in [4.69, 9.17) is 14.5 Å². The van der Waals surface area contributed by atoms with Crippen molar-refractivity contribution in [1.82, 2.24) is 29.7 Å². The van der Waals surface area contributed by atoms with E-state index in [2.05, 4.69) is 69.2 Å². The first-order chi connectivity index (χ1) is 27.6. The molecule has 57 heavy (non-hydrogen) atoms. The van der Waals surface area contributed by atoms with Crippen LogP contribution in [0.3, 0.4) is 0 Å². The Morgan fingerprint density at radius 3 is 2.30 bits per heavy atom. The van der Waals surface area contributed by atoms with Gasteiger partial charge < -0.3 is 34.1 Å². The Kier molecular flexibility index (Phi) is 10.5. The van der Waals surface area contributed by atoms with Crippen LogP contribution in [0.1, 0.15) is 74.4 Å². The molecule has 1 saturated heterocycles. The number of fused-ring (bicyclic) bond motifs is 5. The number of piperidine rings is 1. The fourth-order valence-electron chi connectivity index (χ4n) is 8.43. The average molecular weight is 767 g/mol. The zero-order valence-corrected chi connectivity index (χ0v) is 33.1. The van der Waals surface area contributed by atoms with Crippen LogP contribution in [0.15, 0.2) is 97.1 Å². The second-order valence-corrected chi connectivity index (χ2v) is 16.0. The number of nitrogens with zero attached hydrogens (tertiary/aromatic N) is 4. The summed E-state index contributed by atoms with van der Waals surface area (Å²) in [5.74, 6) is 0.697. The normalized spacial score (nSPS) is 15.4. The fourth-order valence-corrected chi connectivity index (χ4v) is 8.43. The van der Waals surface area contributed by atoms with Crippen molar-refractivity contribution in [3.8, 4) is 22.6 Å². The van der Waals surface area contributed by atoms with Crippen molar-refractivity contribution in [3.05, 3.63) is 114 Å². The van der Waals surface area contributed by atoms with E-state index in [1.807, 2.05) is 75.4 Å². The topological polar surface area (TPSA) is 120 Å². The van der Waals surface area contributed by atoms with E-state index in [9.17, 15) is 14.4 Å². The van der Waals surface area contributed by atoms with E-state index in [1.165, 1.54) is 22.3 Å². The molecule has 3 heterocycles. The van der Waals surface area contributed by atoms with Gasteiger partial charge in [0.15, 0.2) is 5.82 Å². The molecule has 2 aromatic heterocycles. The summed E-state index contributed by atoms with van der Waals surface area (Å²) in [6.07, 6.45) is 1.27. The van der Waals surface area contributed by atoms with Gasteiger partial charge in [-0.25, -0.2) is 14.6 Å². The third-order valence-electron chi connectivity index (χ3n) is 11.0. The molecule has 3 amide bonds. The number of carbonyl (C=O) groups is 3. The number of nitrogens with one attached hydrogen (secondary N) is 2. The zero-order chi connectivity index (χ0) is 39.7. The van der Waals surface area contributed by atoms with Crippen molar-refractivity contribution >= 4 is 40.0 Å². The summed E-state index contributed by atoms with van der Waals surface area (Å²) in [5, 5.41) is 7.04. The molecule has 1 fully saturated rings. The molecule has 0 spiro atoms. The molecule has 0 saturated carbocycles. The SMILES string of the molecule is CCn1c(-c2nc3cc(C(=O)N4CCC[C@@H](NC(=O)OC(C)(C)C)C4)ccc3n2CCCNC(=O)OCC2c3ccccc3-c3ccccc32)cc2ccccc21. The molecular formula is C46H50N6O5. The molecule has 2 aliphatic rings. The Morgan fingerprint density at radius 2 is 1.56 bits per heavy atom. The molecule has 0 unspecified atom stereocenters. The summed E-state index contributed by atoms with van der Waals surface area (Å²) in [6.45, 7) is 10.6. The van der Waals surface area contributed by atoms with Crippen LogP contribution < -0.4 is 10.6 Å². The van der Waals surface area contributed by atoms with Gasteiger partial charge in [-0.2, -0.15) is 0 Å². The lowest BCUT2D eigenvalue weighted by Crippen LogP contribution is -2.50. The Hall–Kier alpha value is -6.10. The van der Waals surface area contributed by atoms with Crippen LogP contribution in [-0.4, -0.2) is 75.0 Å². The number of aromatic nitrogens is 3. The zero-order valence-electron chi connectivity index (χ0n) is 33.1. The highest BCUT2D eigenvalue weighted by Gasteiger charge is 2.30. The minimum atomic E-state index is -0.601. The molecule has 0 bridgehead atoms. The highest BCUT2D eigenvalue weighted by atomic mass is 16.6. The number of alkyl carbamates (subject to hydrolysis) is 2. The number of rotatable bonds is 10. The number of carbonyl (C=O) groups excluding carboxylic acids is 3. The lowest BCUT2D eigenvalue weighted by atomic mass is 9.98. The number of hydrogen-bond donors (Lipinski definition) is 2. The van der Waals surface area contributed by atoms with Crippen molar-refractivity contribution in [2.24, 2.45) is 0 Å². The molecule has 1 aliphatic carbocycles. The van der Waals surface area contributed by atoms with Gasteiger partial charge in [0, 0.05) is 61.1 Å². The van der Waals surface area contributed by atoms with Crippen LogP contribution in [0.25, 0.3) is 44.6 Å². The highest BCUT2D eigenvalue weighted by Crippen LogP contribution is 2.44. The maximum Gasteiger partial charge on any atom is 0.407 e. The average Bonchev–Trinajstić information content (AvgIpc) is 3.86. The number of hydrogen-bond acceptors (Lipinski definition) is 6. The van der Waals surface area contributed by atoms with Crippen molar-refractivity contribution in [3.63, 3.8) is 0 Å². The van der Waals surface area contributed by atoms with Crippen molar-refractivity contribution in [2.75, 3.05) is 26.2 Å². The first-order valence-electron chi connectivity index (χ1n) is 20.0. The van der Waals surface area contributed by atoms with E-state index in [0.717, 1.165) is 47.3 Å². The molecule has 11 heteroatoms. The van der Waals surface area contributed by atoms with E-state index >= 15 is 0 Å². The van der Waals surface area contributed by atoms with Crippen LogP contribution in [0.2, 0.25) is 0 Å². The van der Waals surface area contributed by atoms with Gasteiger partial charge in [-0.05, 0) is 99.5 Å². The first-order valence-corrected chi connectivity index (χ1v) is 20.0. The molecule has 1 atom stereocenters. The van der Waals surface area contributed by atoms with Crippen LogP contribution in [0, 0.1) is 0 Å². The Labute approximate surface area is 333 Å². The molecule has 0 radical (unpaired) electrons. The summed E-state index contributed by atoms with van der Waals surface area (Å²) >= 11 is 0. The lowest BCUT2D eigenvalue weighted by molar-refractivity contribution is 0.0452. The van der Waals surface area contributed by atoms with Gasteiger partial charge in [-0.3, -0.25) is 4.79 Å². The van der Waals surface area contributed by atoms with Gasteiger partial charge in [0.2, 0.25) is 0 Å². The second-order valence-electron chi connectivity index (χ2n) is 16.0. The van der Waals surface area contributed by atoms with E-state index in [0.29, 0.717) is 43.7 Å². The lowest BCUT2D eigenvalue weighted by Gasteiger charge is -2.33. The van der Waals surface area contributed by atoms with Crippen LogP contribution >= 0.6 is 0 Å². The van der Waals surface area contributed by atoms with Gasteiger partial charge in [-0.1, -0.05) is 66.7 Å². The van der Waals surface area contributed by atoms with Crippen LogP contribution in [0.5, 0.6) is 0 Å². The summed E-state index contributed by atoms with van der Waals surface area (Å²) in [7, 11) is 0. The molecular weight excluding hydrogens is 717 g/mol. The van der Waals surface area contributed by atoms with Crippen molar-refractivity contribution in [1.29, 1.82) is 0 Å². The fraction of sp³-hybridized carbons (Fsp3) is 0.348. The molecule has 6 aromatic rings. The molecule has 4 aromatic carbocycles. The van der Waals surface area contributed by atoms with E-state index in [1.54, 1.807) is 4.90 Å². The number of aryl methyl sites for hydroxylation is 2. The van der Waals surface area contributed by atoms with Crippen molar-refractivity contribution in [2.45, 2.75) is 77.6 Å². The maximum atomic E-state index is 13.9. The predicted octanol–water partition coefficient (Wildman–Crippen LogP) is 8.74. The van der Waals surface area contributed by atoms with Gasteiger partial charge in [0.25, 0.3) is 5.91 Å². The van der Waals surface area contributed by atoms with Gasteiger partial charge in [0.05, 0.1) is 16.7 Å². The number of amides is 3. The predicted molar refractivity (Wildman–Crippen MR) is 222 cm³/mol. The van der Waals surface area contributed by atoms with E-state index in [-0.39, 0.29) is 24.5 Å². The summed E-state index contributed by atoms with van der Waals surface area (Å²) in [5.41, 5.74) is 8.41. The first kappa shape index (κ1) is 37.8. The Balaban J connectivity index is 0.982. The highest BCUT2D eigenvalue weighted by molar-refractivity contribution is 5.98. The van der Waals surface area contributed by atoms with Crippen LogP contribution in [0.4, 0.5) is 9.59 Å². The minimum absolute atomic E-state index is 0.00430. The van der Waals surface area contributed by atoms with Gasteiger partial charge in [0.1, 0.15) is 12.2 Å². The largest absolute Gasteiger partial charge is 0.449 e. The number of para-hydroxylation sites is 1. The summed E-state index contributed by atoms with van der Waals surface area (Å²) < 4.78 is 15.7. The second kappa shape index (κ2) is 15.8. The number of likely N-dealkylation sites (tertiary alicyclic amines) is 1. The minimum Gasteiger partial charge on any atom is -0.449 e. The third-order valence-corrected chi connectivity index (χ3v) is 11.0. The van der Waals surface area contributed by atoms with Gasteiger partial charge >= 0.3 is 12.2 Å².